The Balaban J connectivity index is 3.44. The van der Waals surface area contributed by atoms with E-state index in [0.29, 0.717) is 0 Å². The van der Waals surface area contributed by atoms with Crippen molar-refractivity contribution in [3.8, 4) is 0 Å². The molecule has 0 bridgehead atoms. The zero-order valence-corrected chi connectivity index (χ0v) is 8.99. The predicted octanol–water partition coefficient (Wildman–Crippen LogP) is 3.99. The van der Waals surface area contributed by atoms with Crippen molar-refractivity contribution in [2.45, 2.75) is 24.8 Å². The quantitative estimate of drug-likeness (QED) is 0.820. The van der Waals surface area contributed by atoms with Crippen LogP contribution >= 0.6 is 0 Å². The van der Waals surface area contributed by atoms with Gasteiger partial charge in [-0.3, -0.25) is 0 Å². The van der Waals surface area contributed by atoms with Crippen LogP contribution in [0, 0.1) is 0 Å². The summed E-state index contributed by atoms with van der Waals surface area (Å²) in [4.78, 5) is 0. The van der Waals surface area contributed by atoms with Gasteiger partial charge in [-0.25, -0.2) is 8.78 Å². The molecule has 108 valence electrons. The summed E-state index contributed by atoms with van der Waals surface area (Å²) in [6.07, 6.45) is -13.4. The van der Waals surface area contributed by atoms with Gasteiger partial charge in [0.1, 0.15) is 0 Å². The fourth-order valence-electron chi connectivity index (χ4n) is 1.41. The molecule has 0 fully saturated rings. The summed E-state index contributed by atoms with van der Waals surface area (Å²) in [5.74, 6) is 0. The Morgan fingerprint density at radius 2 is 1.42 bits per heavy atom. The summed E-state index contributed by atoms with van der Waals surface area (Å²) in [6, 6.07) is -2.18. The minimum absolute atomic E-state index is 0.000347. The molecule has 0 aliphatic rings. The summed E-state index contributed by atoms with van der Waals surface area (Å²) in [5, 5.41) is 0. The number of hydrogen-bond donors (Lipinski definition) is 1. The van der Waals surface area contributed by atoms with Gasteiger partial charge in [-0.05, 0) is 23.8 Å². The molecule has 0 unspecified atom stereocenters. The second-order valence-corrected chi connectivity index (χ2v) is 3.66. The van der Waals surface area contributed by atoms with Crippen LogP contribution in [0.15, 0.2) is 18.2 Å². The predicted molar refractivity (Wildman–Crippen MR) is 49.4 cm³/mol. The Bertz CT molecular complexity index is 448. The molecule has 0 aromatic heterocycles. The first kappa shape index (κ1) is 15.7. The molecule has 0 aliphatic carbocycles. The lowest BCUT2D eigenvalue weighted by atomic mass is 9.97. The maximum Gasteiger partial charge on any atom is 0.416 e. The lowest BCUT2D eigenvalue weighted by Gasteiger charge is -2.19. The van der Waals surface area contributed by atoms with E-state index < -0.39 is 41.5 Å². The van der Waals surface area contributed by atoms with Crippen molar-refractivity contribution in [1.29, 1.82) is 0 Å². The number of hydrogen-bond acceptors (Lipinski definition) is 1. The monoisotopic (exact) mass is 293 g/mol. The molecule has 0 radical (unpaired) electrons. The highest BCUT2D eigenvalue weighted by Crippen LogP contribution is 2.39. The van der Waals surface area contributed by atoms with Gasteiger partial charge >= 0.3 is 12.4 Å². The molecule has 1 aromatic carbocycles. The van der Waals surface area contributed by atoms with Crippen molar-refractivity contribution in [3.05, 3.63) is 34.9 Å². The number of alkyl halides is 8. The van der Waals surface area contributed by atoms with Gasteiger partial charge in [0.25, 0.3) is 6.43 Å². The van der Waals surface area contributed by atoms with Gasteiger partial charge in [0, 0.05) is 0 Å². The van der Waals surface area contributed by atoms with Crippen LogP contribution in [-0.4, -0.2) is 6.43 Å². The summed E-state index contributed by atoms with van der Waals surface area (Å²) in [5.41, 5.74) is 0.480. The molecule has 1 atom stereocenters. The summed E-state index contributed by atoms with van der Waals surface area (Å²) in [7, 11) is 0. The van der Waals surface area contributed by atoms with Crippen molar-refractivity contribution in [2.75, 3.05) is 0 Å². The fraction of sp³-hybridized carbons (Fsp3) is 0.400. The Morgan fingerprint density at radius 3 is 1.79 bits per heavy atom. The molecule has 0 saturated heterocycles. The largest absolute Gasteiger partial charge is 0.416 e. The molecular formula is C10H7F8N. The van der Waals surface area contributed by atoms with Crippen LogP contribution in [0.2, 0.25) is 0 Å². The van der Waals surface area contributed by atoms with Crippen LogP contribution in [0.3, 0.4) is 0 Å². The zero-order chi connectivity index (χ0) is 15.0. The summed E-state index contributed by atoms with van der Waals surface area (Å²) in [6.45, 7) is 0. The Kier molecular flexibility index (Phi) is 4.08. The molecule has 0 heterocycles. The smallest absolute Gasteiger partial charge is 0.319 e. The third-order valence-corrected chi connectivity index (χ3v) is 2.31. The summed E-state index contributed by atoms with van der Waals surface area (Å²) >= 11 is 0. The third kappa shape index (κ3) is 3.55. The van der Waals surface area contributed by atoms with Crippen LogP contribution in [0.25, 0.3) is 0 Å². The fourth-order valence-corrected chi connectivity index (χ4v) is 1.41. The number of benzene rings is 1. The van der Waals surface area contributed by atoms with Crippen molar-refractivity contribution in [3.63, 3.8) is 0 Å². The van der Waals surface area contributed by atoms with Crippen LogP contribution < -0.4 is 5.73 Å². The molecule has 1 rings (SSSR count). The Hall–Kier alpha value is -1.38. The maximum absolute atomic E-state index is 12.5. The van der Waals surface area contributed by atoms with Crippen molar-refractivity contribution in [2.24, 2.45) is 5.73 Å². The Morgan fingerprint density at radius 1 is 0.895 bits per heavy atom. The van der Waals surface area contributed by atoms with Gasteiger partial charge in [-0.1, -0.05) is 0 Å². The first-order valence-corrected chi connectivity index (χ1v) is 4.76. The first-order chi connectivity index (χ1) is 8.44. The average molecular weight is 293 g/mol. The highest BCUT2D eigenvalue weighted by Gasteiger charge is 2.39. The Labute approximate surface area is 102 Å². The van der Waals surface area contributed by atoms with E-state index in [2.05, 4.69) is 0 Å². The topological polar surface area (TPSA) is 26.0 Å². The molecule has 0 amide bonds. The molecule has 1 aromatic rings. The molecule has 1 nitrogen and oxygen atoms in total. The number of nitrogens with two attached hydrogens (primary N) is 1. The first-order valence-electron chi connectivity index (χ1n) is 4.76. The molecule has 19 heavy (non-hydrogen) atoms. The van der Waals surface area contributed by atoms with Crippen molar-refractivity contribution in [1.82, 2.24) is 0 Å². The van der Waals surface area contributed by atoms with E-state index in [1.54, 1.807) is 0 Å². The molecule has 2 N–H and O–H groups in total. The molecule has 0 spiro atoms. The van der Waals surface area contributed by atoms with E-state index in [4.69, 9.17) is 5.73 Å². The standard InChI is InChI=1S/C10H7F8N/c11-8(12)7(19)5-3-4(9(13,14)15)1-2-6(5)10(16,17)18/h1-3,7-8H,19H2/t7-/m0/s1. The van der Waals surface area contributed by atoms with Crippen LogP contribution in [0.5, 0.6) is 0 Å². The van der Waals surface area contributed by atoms with Gasteiger partial charge < -0.3 is 5.73 Å². The maximum atomic E-state index is 12.5. The van der Waals surface area contributed by atoms with E-state index in [-0.39, 0.29) is 18.2 Å². The van der Waals surface area contributed by atoms with E-state index in [9.17, 15) is 35.1 Å². The van der Waals surface area contributed by atoms with E-state index >= 15 is 0 Å². The van der Waals surface area contributed by atoms with Crippen molar-refractivity contribution < 1.29 is 35.1 Å². The number of halogens is 8. The molecule has 0 aliphatic heterocycles. The third-order valence-electron chi connectivity index (χ3n) is 2.31. The van der Waals surface area contributed by atoms with E-state index in [0.717, 1.165) is 0 Å². The summed E-state index contributed by atoms with van der Waals surface area (Å²) < 4.78 is 99.3. The number of rotatable bonds is 2. The highest BCUT2D eigenvalue weighted by atomic mass is 19.4. The van der Waals surface area contributed by atoms with E-state index in [1.807, 2.05) is 0 Å². The lowest BCUT2D eigenvalue weighted by Crippen LogP contribution is -2.24. The van der Waals surface area contributed by atoms with Crippen LogP contribution in [-0.2, 0) is 12.4 Å². The highest BCUT2D eigenvalue weighted by molar-refractivity contribution is 5.37. The van der Waals surface area contributed by atoms with Crippen LogP contribution in [0.4, 0.5) is 35.1 Å². The molecule has 0 saturated carbocycles. The van der Waals surface area contributed by atoms with Gasteiger partial charge in [0.05, 0.1) is 17.2 Å². The van der Waals surface area contributed by atoms with E-state index in [1.165, 1.54) is 0 Å². The molecule has 9 heteroatoms. The zero-order valence-electron chi connectivity index (χ0n) is 8.99. The minimum atomic E-state index is -5.06. The second kappa shape index (κ2) is 4.95. The minimum Gasteiger partial charge on any atom is -0.319 e. The SMILES string of the molecule is N[C@@H](c1cc(C(F)(F)F)ccc1C(F)(F)F)C(F)F. The second-order valence-electron chi connectivity index (χ2n) is 3.66. The van der Waals surface area contributed by atoms with Gasteiger partial charge in [-0.2, -0.15) is 26.3 Å². The molecular weight excluding hydrogens is 286 g/mol. The van der Waals surface area contributed by atoms with Crippen LogP contribution in [0.1, 0.15) is 22.7 Å². The van der Waals surface area contributed by atoms with Gasteiger partial charge in [0.15, 0.2) is 0 Å². The average Bonchev–Trinajstić information content (AvgIpc) is 2.24. The normalized spacial score (nSPS) is 14.8. The van der Waals surface area contributed by atoms with Gasteiger partial charge in [-0.15, -0.1) is 0 Å². The van der Waals surface area contributed by atoms with Crippen molar-refractivity contribution >= 4 is 0 Å². The lowest BCUT2D eigenvalue weighted by molar-refractivity contribution is -0.142. The van der Waals surface area contributed by atoms with Gasteiger partial charge in [0.2, 0.25) is 0 Å².